The van der Waals surface area contributed by atoms with Crippen molar-refractivity contribution >= 4 is 28.4 Å². The summed E-state index contributed by atoms with van der Waals surface area (Å²) in [5.41, 5.74) is 2.89. The Morgan fingerprint density at radius 1 is 1.10 bits per heavy atom. The highest BCUT2D eigenvalue weighted by Gasteiger charge is 2.25. The van der Waals surface area contributed by atoms with Gasteiger partial charge in [0, 0.05) is 29.1 Å². The summed E-state index contributed by atoms with van der Waals surface area (Å²) in [6.45, 7) is 2.86. The van der Waals surface area contributed by atoms with E-state index in [1.807, 2.05) is 42.5 Å². The van der Waals surface area contributed by atoms with Crippen LogP contribution in [-0.4, -0.2) is 45.4 Å². The second-order valence-electron chi connectivity index (χ2n) is 7.91. The number of hydrogen-bond acceptors (Lipinski definition) is 4. The van der Waals surface area contributed by atoms with Crippen LogP contribution in [0, 0.1) is 0 Å². The second-order valence-corrected chi connectivity index (χ2v) is 8.85. The van der Waals surface area contributed by atoms with E-state index in [4.69, 9.17) is 0 Å². The number of nitrogens with zero attached hydrogens (tertiary/aromatic N) is 3. The molecule has 4 rings (SSSR count). The van der Waals surface area contributed by atoms with E-state index in [-0.39, 0.29) is 11.8 Å². The highest BCUT2D eigenvalue weighted by molar-refractivity contribution is 7.99. The number of ketones is 1. The Morgan fingerprint density at radius 2 is 1.84 bits per heavy atom. The van der Waals surface area contributed by atoms with Crippen LogP contribution in [0.4, 0.5) is 0 Å². The van der Waals surface area contributed by atoms with Crippen LogP contribution >= 0.6 is 11.8 Å². The first-order valence-corrected chi connectivity index (χ1v) is 11.6. The Morgan fingerprint density at radius 3 is 2.58 bits per heavy atom. The van der Waals surface area contributed by atoms with Gasteiger partial charge in [0.25, 0.3) is 0 Å². The molecule has 0 bridgehead atoms. The molecule has 160 valence electrons. The number of H-pyrrole nitrogens is 1. The number of benzene rings is 2. The maximum absolute atomic E-state index is 13.0. The maximum Gasteiger partial charge on any atom is 0.192 e. The Hall–Kier alpha value is -2.90. The lowest BCUT2D eigenvalue weighted by Gasteiger charge is -2.20. The standard InChI is InChI=1S/C24H27N5OS/c1-4-21(28(2)3)23-26-27-24(29(23)15-17-10-6-5-7-11-17)31-16-22(30)19-14-25-20-13-9-8-12-18(19)20/h5-14,21,25H,4,15-16H2,1-3H3/p+1/t21-/m0/s1. The number of aromatic amines is 1. The number of carbonyl (C=O) groups is 1. The maximum atomic E-state index is 13.0. The first-order chi connectivity index (χ1) is 15.1. The summed E-state index contributed by atoms with van der Waals surface area (Å²) in [6, 6.07) is 18.5. The van der Waals surface area contributed by atoms with E-state index in [2.05, 4.69) is 52.9 Å². The van der Waals surface area contributed by atoms with Crippen molar-refractivity contribution in [2.45, 2.75) is 31.1 Å². The van der Waals surface area contributed by atoms with Crippen molar-refractivity contribution in [2.75, 3.05) is 19.8 Å². The van der Waals surface area contributed by atoms with Gasteiger partial charge in [0.2, 0.25) is 0 Å². The fourth-order valence-corrected chi connectivity index (χ4v) is 4.77. The molecule has 0 radical (unpaired) electrons. The molecule has 0 saturated carbocycles. The minimum absolute atomic E-state index is 0.0866. The van der Waals surface area contributed by atoms with Gasteiger partial charge < -0.3 is 9.88 Å². The molecular weight excluding hydrogens is 406 g/mol. The van der Waals surface area contributed by atoms with Crippen LogP contribution in [0.3, 0.4) is 0 Å². The van der Waals surface area contributed by atoms with Crippen molar-refractivity contribution in [2.24, 2.45) is 0 Å². The van der Waals surface area contributed by atoms with Crippen LogP contribution in [0.2, 0.25) is 0 Å². The van der Waals surface area contributed by atoms with Gasteiger partial charge in [0.1, 0.15) is 6.04 Å². The van der Waals surface area contributed by atoms with Gasteiger partial charge in [-0.05, 0) is 11.6 Å². The Labute approximate surface area is 186 Å². The predicted octanol–water partition coefficient (Wildman–Crippen LogP) is 3.38. The van der Waals surface area contributed by atoms with Crippen LogP contribution in [0.15, 0.2) is 66.0 Å². The molecule has 0 aliphatic rings. The second kappa shape index (κ2) is 9.49. The summed E-state index contributed by atoms with van der Waals surface area (Å²) >= 11 is 1.46. The molecule has 2 heterocycles. The topological polar surface area (TPSA) is 68.0 Å². The number of Topliss-reactive ketones (excluding diaryl/α,β-unsaturated/α-hetero) is 1. The lowest BCUT2D eigenvalue weighted by atomic mass is 10.1. The molecule has 1 atom stereocenters. The number of fused-ring (bicyclic) bond motifs is 1. The molecule has 0 amide bonds. The quantitative estimate of drug-likeness (QED) is 0.313. The summed E-state index contributed by atoms with van der Waals surface area (Å²) in [5.74, 6) is 1.37. The van der Waals surface area contributed by atoms with Gasteiger partial charge in [-0.2, -0.15) is 0 Å². The van der Waals surface area contributed by atoms with Crippen LogP contribution in [0.1, 0.15) is 41.1 Å². The molecule has 0 aliphatic carbocycles. The van der Waals surface area contributed by atoms with E-state index in [1.54, 1.807) is 6.20 Å². The van der Waals surface area contributed by atoms with E-state index in [0.717, 1.165) is 33.9 Å². The number of quaternary nitrogens is 1. The summed E-state index contributed by atoms with van der Waals surface area (Å²) in [7, 11) is 4.28. The molecule has 4 aromatic rings. The van der Waals surface area contributed by atoms with E-state index in [0.29, 0.717) is 12.3 Å². The van der Waals surface area contributed by atoms with Gasteiger partial charge >= 0.3 is 0 Å². The number of carbonyl (C=O) groups excluding carboxylic acids is 1. The van der Waals surface area contributed by atoms with Gasteiger partial charge in [-0.1, -0.05) is 67.2 Å². The number of hydrogen-bond donors (Lipinski definition) is 2. The van der Waals surface area contributed by atoms with E-state index >= 15 is 0 Å². The van der Waals surface area contributed by atoms with Crippen molar-refractivity contribution < 1.29 is 9.69 Å². The lowest BCUT2D eigenvalue weighted by Crippen LogP contribution is -3.06. The van der Waals surface area contributed by atoms with Gasteiger partial charge in [-0.25, -0.2) is 0 Å². The molecule has 2 aromatic heterocycles. The van der Waals surface area contributed by atoms with Gasteiger partial charge in [0.05, 0.1) is 26.4 Å². The smallest absolute Gasteiger partial charge is 0.192 e. The first-order valence-electron chi connectivity index (χ1n) is 10.6. The molecule has 2 N–H and O–H groups in total. The Kier molecular flexibility index (Phi) is 6.53. The third kappa shape index (κ3) is 4.57. The molecule has 0 spiro atoms. The number of nitrogens with one attached hydrogen (secondary N) is 2. The summed E-state index contributed by atoms with van der Waals surface area (Å²) in [4.78, 5) is 17.5. The molecule has 0 unspecified atom stereocenters. The number of aromatic nitrogens is 4. The highest BCUT2D eigenvalue weighted by Crippen LogP contribution is 2.25. The SMILES string of the molecule is CC[C@@H](c1nnc(SCC(=O)c2c[nH]c3ccccc23)n1Cc1ccccc1)[NH+](C)C. The predicted molar refractivity (Wildman–Crippen MR) is 125 cm³/mol. The summed E-state index contributed by atoms with van der Waals surface area (Å²) < 4.78 is 2.17. The summed E-state index contributed by atoms with van der Waals surface area (Å²) in [5, 5.41) is 10.8. The number of thioether (sulfide) groups is 1. The van der Waals surface area contributed by atoms with Crippen LogP contribution in [0.25, 0.3) is 10.9 Å². The van der Waals surface area contributed by atoms with Crippen molar-refractivity contribution in [3.63, 3.8) is 0 Å². The van der Waals surface area contributed by atoms with Crippen LogP contribution < -0.4 is 4.90 Å². The minimum Gasteiger partial charge on any atom is -0.360 e. The van der Waals surface area contributed by atoms with Crippen LogP contribution in [0.5, 0.6) is 0 Å². The van der Waals surface area contributed by atoms with E-state index in [9.17, 15) is 4.79 Å². The fourth-order valence-electron chi connectivity index (χ4n) is 3.94. The molecule has 7 heteroatoms. The fraction of sp³-hybridized carbons (Fsp3) is 0.292. The summed E-state index contributed by atoms with van der Waals surface area (Å²) in [6.07, 6.45) is 2.77. The Balaban J connectivity index is 1.60. The Bertz CT molecular complexity index is 1170. The molecule has 0 fully saturated rings. The molecule has 0 aliphatic heterocycles. The first kappa shape index (κ1) is 21.3. The van der Waals surface area contributed by atoms with E-state index < -0.39 is 0 Å². The molecule has 31 heavy (non-hydrogen) atoms. The zero-order valence-corrected chi connectivity index (χ0v) is 18.9. The monoisotopic (exact) mass is 434 g/mol. The van der Waals surface area contributed by atoms with Gasteiger partial charge in [0.15, 0.2) is 16.8 Å². The van der Waals surface area contributed by atoms with Crippen molar-refractivity contribution in [1.82, 2.24) is 19.7 Å². The van der Waals surface area contributed by atoms with Crippen molar-refractivity contribution in [3.05, 3.63) is 77.7 Å². The van der Waals surface area contributed by atoms with Gasteiger partial charge in [-0.3, -0.25) is 9.36 Å². The molecule has 2 aromatic carbocycles. The third-order valence-electron chi connectivity index (χ3n) is 5.57. The third-order valence-corrected chi connectivity index (χ3v) is 6.53. The van der Waals surface area contributed by atoms with Gasteiger partial charge in [-0.15, -0.1) is 10.2 Å². The number of para-hydroxylation sites is 1. The minimum atomic E-state index is 0.0866. The van der Waals surface area contributed by atoms with Crippen LogP contribution in [-0.2, 0) is 6.54 Å². The molecular formula is C24H28N5OS+. The average Bonchev–Trinajstić information content (AvgIpc) is 3.38. The molecule has 0 saturated heterocycles. The van der Waals surface area contributed by atoms with Crippen molar-refractivity contribution in [3.8, 4) is 0 Å². The number of rotatable bonds is 9. The van der Waals surface area contributed by atoms with E-state index in [1.165, 1.54) is 22.2 Å². The van der Waals surface area contributed by atoms with Crippen molar-refractivity contribution in [1.29, 1.82) is 0 Å². The lowest BCUT2D eigenvalue weighted by molar-refractivity contribution is -0.893. The normalized spacial score (nSPS) is 12.5. The highest BCUT2D eigenvalue weighted by atomic mass is 32.2. The average molecular weight is 435 g/mol. The zero-order valence-electron chi connectivity index (χ0n) is 18.1. The molecule has 6 nitrogen and oxygen atoms in total. The zero-order chi connectivity index (χ0) is 21.8. The largest absolute Gasteiger partial charge is 0.360 e.